The second kappa shape index (κ2) is 5.58. The summed E-state index contributed by atoms with van der Waals surface area (Å²) in [6, 6.07) is 7.07. The van der Waals surface area contributed by atoms with Gasteiger partial charge in [0.2, 0.25) is 0 Å². The van der Waals surface area contributed by atoms with Crippen molar-refractivity contribution in [3.8, 4) is 0 Å². The molecular formula is C10H12ClNO3. The molecule has 0 aliphatic carbocycles. The van der Waals surface area contributed by atoms with Crippen LogP contribution in [0.25, 0.3) is 0 Å². The van der Waals surface area contributed by atoms with Crippen molar-refractivity contribution in [1.29, 1.82) is 0 Å². The van der Waals surface area contributed by atoms with E-state index in [1.807, 2.05) is 0 Å². The average Bonchev–Trinajstić information content (AvgIpc) is 2.21. The molecule has 1 aromatic carbocycles. The number of carbonyl (C=O) groups is 1. The third-order valence-corrected chi connectivity index (χ3v) is 2.34. The fraction of sp³-hybridized carbons (Fsp3) is 0.300. The number of hydrogen-bond acceptors (Lipinski definition) is 3. The van der Waals surface area contributed by atoms with Crippen molar-refractivity contribution in [3.05, 3.63) is 34.9 Å². The molecule has 0 heterocycles. The maximum absolute atomic E-state index is 10.4. The second-order valence-electron chi connectivity index (χ2n) is 3.03. The predicted octanol–water partition coefficient (Wildman–Crippen LogP) is 1.51. The van der Waals surface area contributed by atoms with Gasteiger partial charge in [0.25, 0.3) is 0 Å². The number of nitrogens with two attached hydrogens (primary N) is 1. The monoisotopic (exact) mass is 229 g/mol. The molecule has 1 aromatic rings. The molecule has 1 atom stereocenters. The quantitative estimate of drug-likeness (QED) is 0.822. The summed E-state index contributed by atoms with van der Waals surface area (Å²) in [7, 11) is 0. The van der Waals surface area contributed by atoms with Gasteiger partial charge in [0.05, 0.1) is 6.61 Å². The smallest absolute Gasteiger partial charge is 0.404 e. The van der Waals surface area contributed by atoms with E-state index in [4.69, 9.17) is 22.4 Å². The van der Waals surface area contributed by atoms with E-state index in [9.17, 15) is 4.79 Å². The number of halogens is 1. The van der Waals surface area contributed by atoms with Gasteiger partial charge in [0.15, 0.2) is 0 Å². The van der Waals surface area contributed by atoms with Gasteiger partial charge in [-0.2, -0.15) is 0 Å². The van der Waals surface area contributed by atoms with E-state index >= 15 is 0 Å². The first kappa shape index (κ1) is 11.8. The van der Waals surface area contributed by atoms with E-state index in [0.29, 0.717) is 5.02 Å². The van der Waals surface area contributed by atoms with Gasteiger partial charge in [-0.05, 0) is 11.6 Å². The van der Waals surface area contributed by atoms with Gasteiger partial charge in [0, 0.05) is 10.9 Å². The van der Waals surface area contributed by atoms with Gasteiger partial charge in [-0.3, -0.25) is 0 Å². The molecule has 0 aliphatic heterocycles. The maximum atomic E-state index is 10.4. The lowest BCUT2D eigenvalue weighted by Crippen LogP contribution is -2.20. The summed E-state index contributed by atoms with van der Waals surface area (Å²) in [5.41, 5.74) is 5.57. The summed E-state index contributed by atoms with van der Waals surface area (Å²) in [6.45, 7) is -0.132. The van der Waals surface area contributed by atoms with E-state index in [-0.39, 0.29) is 19.1 Å². The number of carbonyl (C=O) groups excluding carboxylic acids is 1. The van der Waals surface area contributed by atoms with Crippen LogP contribution in [0.2, 0.25) is 5.02 Å². The van der Waals surface area contributed by atoms with Crippen molar-refractivity contribution >= 4 is 17.7 Å². The standard InChI is InChI=1S/C10H12ClNO3/c11-9-4-2-1-3-8(9)7(5-13)6-15-10(12)14/h1-4,7,13H,5-6H2,(H2,12,14)/t7-/m0/s1. The van der Waals surface area contributed by atoms with Gasteiger partial charge in [-0.15, -0.1) is 0 Å². The molecule has 82 valence electrons. The van der Waals surface area contributed by atoms with Gasteiger partial charge in [0.1, 0.15) is 6.61 Å². The van der Waals surface area contributed by atoms with Crippen LogP contribution in [-0.2, 0) is 4.74 Å². The molecule has 0 fully saturated rings. The second-order valence-corrected chi connectivity index (χ2v) is 3.44. The molecule has 0 saturated carbocycles. The first-order chi connectivity index (χ1) is 7.15. The zero-order valence-corrected chi connectivity index (χ0v) is 8.78. The first-order valence-electron chi connectivity index (χ1n) is 4.42. The Kier molecular flexibility index (Phi) is 4.39. The SMILES string of the molecule is NC(=O)OC[C@H](CO)c1ccccc1Cl. The highest BCUT2D eigenvalue weighted by molar-refractivity contribution is 6.31. The molecule has 0 bridgehead atoms. The number of aliphatic hydroxyl groups is 1. The lowest BCUT2D eigenvalue weighted by Gasteiger charge is -2.15. The van der Waals surface area contributed by atoms with Crippen molar-refractivity contribution in [2.45, 2.75) is 5.92 Å². The summed E-state index contributed by atoms with van der Waals surface area (Å²) < 4.78 is 4.62. The molecule has 0 saturated heterocycles. The number of amides is 1. The van der Waals surface area contributed by atoms with E-state index in [1.54, 1.807) is 24.3 Å². The van der Waals surface area contributed by atoms with Crippen LogP contribution in [0.15, 0.2) is 24.3 Å². The number of ether oxygens (including phenoxy) is 1. The van der Waals surface area contributed by atoms with Gasteiger partial charge >= 0.3 is 6.09 Å². The van der Waals surface area contributed by atoms with Crippen LogP contribution in [-0.4, -0.2) is 24.4 Å². The summed E-state index contributed by atoms with van der Waals surface area (Å²) in [6.07, 6.45) is -0.861. The lowest BCUT2D eigenvalue weighted by molar-refractivity contribution is 0.133. The molecule has 1 amide bonds. The third-order valence-electron chi connectivity index (χ3n) is 1.99. The van der Waals surface area contributed by atoms with Crippen molar-refractivity contribution < 1.29 is 14.6 Å². The predicted molar refractivity (Wildman–Crippen MR) is 56.8 cm³/mol. The minimum Gasteiger partial charge on any atom is -0.449 e. The number of hydrogen-bond donors (Lipinski definition) is 2. The Hall–Kier alpha value is -1.26. The van der Waals surface area contributed by atoms with Crippen LogP contribution in [0.1, 0.15) is 11.5 Å². The molecule has 0 aliphatic rings. The van der Waals surface area contributed by atoms with Crippen molar-refractivity contribution in [2.24, 2.45) is 5.73 Å². The Morgan fingerprint density at radius 3 is 2.73 bits per heavy atom. The van der Waals surface area contributed by atoms with Gasteiger partial charge < -0.3 is 15.6 Å². The van der Waals surface area contributed by atoms with E-state index < -0.39 is 6.09 Å². The highest BCUT2D eigenvalue weighted by Crippen LogP contribution is 2.24. The Labute approximate surface area is 92.6 Å². The lowest BCUT2D eigenvalue weighted by atomic mass is 10.0. The van der Waals surface area contributed by atoms with Gasteiger partial charge in [-0.25, -0.2) is 4.79 Å². The first-order valence-corrected chi connectivity index (χ1v) is 4.80. The van der Waals surface area contributed by atoms with Crippen molar-refractivity contribution in [1.82, 2.24) is 0 Å². The zero-order valence-electron chi connectivity index (χ0n) is 8.02. The summed E-state index contributed by atoms with van der Waals surface area (Å²) in [5, 5.41) is 9.66. The summed E-state index contributed by atoms with van der Waals surface area (Å²) in [5.74, 6) is -0.341. The van der Waals surface area contributed by atoms with Crippen LogP contribution < -0.4 is 5.73 Å². The molecular weight excluding hydrogens is 218 g/mol. The molecule has 5 heteroatoms. The highest BCUT2D eigenvalue weighted by Gasteiger charge is 2.14. The summed E-state index contributed by atoms with van der Waals surface area (Å²) >= 11 is 5.93. The largest absolute Gasteiger partial charge is 0.449 e. The topological polar surface area (TPSA) is 72.6 Å². The number of benzene rings is 1. The molecule has 15 heavy (non-hydrogen) atoms. The van der Waals surface area contributed by atoms with Gasteiger partial charge in [-0.1, -0.05) is 29.8 Å². The van der Waals surface area contributed by atoms with E-state index in [0.717, 1.165) is 5.56 Å². The number of primary amides is 1. The summed E-state index contributed by atoms with van der Waals surface area (Å²) in [4.78, 5) is 10.4. The Morgan fingerprint density at radius 2 is 2.20 bits per heavy atom. The Balaban J connectivity index is 2.74. The van der Waals surface area contributed by atoms with Crippen LogP contribution in [0.4, 0.5) is 4.79 Å². The Morgan fingerprint density at radius 1 is 1.53 bits per heavy atom. The van der Waals surface area contributed by atoms with Crippen LogP contribution in [0, 0.1) is 0 Å². The van der Waals surface area contributed by atoms with Crippen molar-refractivity contribution in [2.75, 3.05) is 13.2 Å². The highest BCUT2D eigenvalue weighted by atomic mass is 35.5. The average molecular weight is 230 g/mol. The van der Waals surface area contributed by atoms with Crippen LogP contribution in [0.5, 0.6) is 0 Å². The molecule has 0 aromatic heterocycles. The molecule has 0 radical (unpaired) electrons. The van der Waals surface area contributed by atoms with E-state index in [2.05, 4.69) is 4.74 Å². The zero-order chi connectivity index (χ0) is 11.3. The number of rotatable bonds is 4. The Bertz CT molecular complexity index is 343. The molecule has 0 unspecified atom stereocenters. The van der Waals surface area contributed by atoms with Crippen LogP contribution >= 0.6 is 11.6 Å². The molecule has 0 spiro atoms. The molecule has 4 nitrogen and oxygen atoms in total. The third kappa shape index (κ3) is 3.42. The fourth-order valence-electron chi connectivity index (χ4n) is 1.23. The minimum atomic E-state index is -0.861. The van der Waals surface area contributed by atoms with Crippen LogP contribution in [0.3, 0.4) is 0 Å². The van der Waals surface area contributed by atoms with Crippen molar-refractivity contribution in [3.63, 3.8) is 0 Å². The maximum Gasteiger partial charge on any atom is 0.404 e. The number of aliphatic hydroxyl groups excluding tert-OH is 1. The fourth-order valence-corrected chi connectivity index (χ4v) is 1.52. The normalized spacial score (nSPS) is 12.1. The molecule has 3 N–H and O–H groups in total. The molecule has 1 rings (SSSR count). The van der Waals surface area contributed by atoms with E-state index in [1.165, 1.54) is 0 Å². The minimum absolute atomic E-state index is 0.0234.